The van der Waals surface area contributed by atoms with Crippen LogP contribution in [0.4, 0.5) is 10.1 Å². The van der Waals surface area contributed by atoms with Gasteiger partial charge in [0.05, 0.1) is 11.5 Å². The van der Waals surface area contributed by atoms with E-state index in [4.69, 9.17) is 10.5 Å². The van der Waals surface area contributed by atoms with E-state index < -0.39 is 11.9 Å². The van der Waals surface area contributed by atoms with Crippen molar-refractivity contribution >= 4 is 16.7 Å². The predicted molar refractivity (Wildman–Crippen MR) is 90.5 cm³/mol. The second-order valence-electron chi connectivity index (χ2n) is 5.85. The minimum Gasteiger partial charge on any atom is -0.453 e. The average molecular weight is 330 g/mol. The van der Waals surface area contributed by atoms with E-state index in [1.807, 2.05) is 19.0 Å². The molecule has 7 heteroatoms. The zero-order chi connectivity index (χ0) is 17.3. The van der Waals surface area contributed by atoms with Crippen LogP contribution >= 0.6 is 0 Å². The van der Waals surface area contributed by atoms with Crippen LogP contribution in [0.5, 0.6) is 11.5 Å². The summed E-state index contributed by atoms with van der Waals surface area (Å²) in [5.41, 5.74) is 7.10. The molecule has 0 fully saturated rings. The number of ether oxygens (including phenoxy) is 1. The molecular weight excluding hydrogens is 311 g/mol. The summed E-state index contributed by atoms with van der Waals surface area (Å²) in [5.74, 6) is -0.0745. The lowest BCUT2D eigenvalue weighted by Crippen LogP contribution is -2.19. The summed E-state index contributed by atoms with van der Waals surface area (Å²) in [7, 11) is 3.74. The maximum absolute atomic E-state index is 14.0. The Bertz CT molecular complexity index is 863. The molecule has 0 bridgehead atoms. The Kier molecular flexibility index (Phi) is 4.37. The number of anilines is 1. The number of halogens is 1. The summed E-state index contributed by atoms with van der Waals surface area (Å²) in [5, 5.41) is 11.1. The molecule has 0 radical (unpaired) electrons. The molecule has 3 aromatic rings. The van der Waals surface area contributed by atoms with Crippen molar-refractivity contribution in [3.8, 4) is 11.5 Å². The second kappa shape index (κ2) is 6.46. The van der Waals surface area contributed by atoms with Crippen LogP contribution in [0.15, 0.2) is 36.7 Å². The van der Waals surface area contributed by atoms with E-state index >= 15 is 0 Å². The highest BCUT2D eigenvalue weighted by molar-refractivity contribution is 5.87. The number of nitrogens with two attached hydrogens (primary N) is 1. The maximum Gasteiger partial charge on any atom is 0.167 e. The lowest BCUT2D eigenvalue weighted by atomic mass is 10.1. The molecule has 3 rings (SSSR count). The second-order valence-corrected chi connectivity index (χ2v) is 5.85. The number of fused-ring (bicyclic) bond motifs is 1. The van der Waals surface area contributed by atoms with Gasteiger partial charge in [0.25, 0.3) is 0 Å². The summed E-state index contributed by atoms with van der Waals surface area (Å²) in [6, 6.07) is 5.87. The van der Waals surface area contributed by atoms with Gasteiger partial charge in [0.2, 0.25) is 0 Å². The van der Waals surface area contributed by atoms with Gasteiger partial charge in [-0.2, -0.15) is 0 Å². The van der Waals surface area contributed by atoms with Crippen LogP contribution < -0.4 is 10.5 Å². The third-order valence-electron chi connectivity index (χ3n) is 3.64. The van der Waals surface area contributed by atoms with E-state index in [-0.39, 0.29) is 5.75 Å². The number of rotatable bonds is 5. The monoisotopic (exact) mass is 330 g/mol. The van der Waals surface area contributed by atoms with E-state index in [9.17, 15) is 9.50 Å². The zero-order valence-electron chi connectivity index (χ0n) is 13.5. The Morgan fingerprint density at radius 2 is 2.12 bits per heavy atom. The Labute approximate surface area is 138 Å². The zero-order valence-corrected chi connectivity index (χ0v) is 13.5. The number of hydrogen-bond donors (Lipinski definition) is 3. The molecule has 126 valence electrons. The molecule has 4 N–H and O–H groups in total. The van der Waals surface area contributed by atoms with E-state index in [0.717, 1.165) is 0 Å². The van der Waals surface area contributed by atoms with Crippen molar-refractivity contribution < 1.29 is 14.2 Å². The first kappa shape index (κ1) is 16.2. The number of benzene rings is 1. The van der Waals surface area contributed by atoms with Gasteiger partial charge in [-0.1, -0.05) is 0 Å². The lowest BCUT2D eigenvalue weighted by Gasteiger charge is -2.16. The van der Waals surface area contributed by atoms with Gasteiger partial charge < -0.3 is 25.5 Å². The molecule has 1 unspecified atom stereocenters. The fourth-order valence-corrected chi connectivity index (χ4v) is 2.56. The largest absolute Gasteiger partial charge is 0.453 e. The summed E-state index contributed by atoms with van der Waals surface area (Å²) in [6.45, 7) is 0.442. The molecule has 24 heavy (non-hydrogen) atoms. The lowest BCUT2D eigenvalue weighted by molar-refractivity contribution is 0.139. The van der Waals surface area contributed by atoms with Crippen molar-refractivity contribution in [2.75, 3.05) is 26.4 Å². The van der Waals surface area contributed by atoms with Gasteiger partial charge in [-0.25, -0.2) is 9.37 Å². The topological polar surface area (TPSA) is 87.4 Å². The highest BCUT2D eigenvalue weighted by Gasteiger charge is 2.19. The molecule has 1 aromatic carbocycles. The molecule has 2 heterocycles. The number of nitrogens with zero attached hydrogens (tertiary/aromatic N) is 2. The van der Waals surface area contributed by atoms with Gasteiger partial charge in [0.1, 0.15) is 11.4 Å². The van der Waals surface area contributed by atoms with Crippen LogP contribution in [-0.4, -0.2) is 40.6 Å². The van der Waals surface area contributed by atoms with Crippen molar-refractivity contribution in [2.24, 2.45) is 0 Å². The third kappa shape index (κ3) is 3.17. The Hall–Kier alpha value is -2.64. The van der Waals surface area contributed by atoms with E-state index in [0.29, 0.717) is 34.6 Å². The summed E-state index contributed by atoms with van der Waals surface area (Å²) in [6.07, 6.45) is 2.53. The SMILES string of the molecule is CN(C)CC(O)c1c[nH]c2nccc(Oc3ccc(N)cc3F)c12. The number of H-pyrrole nitrogens is 1. The van der Waals surface area contributed by atoms with Crippen molar-refractivity contribution in [1.29, 1.82) is 0 Å². The van der Waals surface area contributed by atoms with Crippen molar-refractivity contribution in [3.63, 3.8) is 0 Å². The van der Waals surface area contributed by atoms with Gasteiger partial charge in [0, 0.05) is 36.3 Å². The number of pyridine rings is 1. The average Bonchev–Trinajstić information content (AvgIpc) is 2.94. The van der Waals surface area contributed by atoms with E-state index in [2.05, 4.69) is 9.97 Å². The number of likely N-dealkylation sites (N-methyl/N-ethyl adjacent to an activating group) is 1. The molecule has 0 amide bonds. The van der Waals surface area contributed by atoms with Gasteiger partial charge in [-0.3, -0.25) is 0 Å². The normalized spacial score (nSPS) is 12.7. The van der Waals surface area contributed by atoms with Crippen LogP contribution in [0.2, 0.25) is 0 Å². The highest BCUT2D eigenvalue weighted by Crippen LogP contribution is 2.35. The van der Waals surface area contributed by atoms with Crippen LogP contribution in [-0.2, 0) is 0 Å². The fourth-order valence-electron chi connectivity index (χ4n) is 2.56. The van der Waals surface area contributed by atoms with Gasteiger partial charge in [0.15, 0.2) is 11.6 Å². The van der Waals surface area contributed by atoms with E-state index in [1.54, 1.807) is 24.5 Å². The minimum atomic E-state index is -0.725. The summed E-state index contributed by atoms with van der Waals surface area (Å²) < 4.78 is 19.7. The Morgan fingerprint density at radius 1 is 1.33 bits per heavy atom. The summed E-state index contributed by atoms with van der Waals surface area (Å²) in [4.78, 5) is 9.11. The van der Waals surface area contributed by atoms with Crippen LogP contribution in [0.25, 0.3) is 11.0 Å². The molecule has 0 saturated carbocycles. The minimum absolute atomic E-state index is 0.0611. The van der Waals surface area contributed by atoms with Crippen molar-refractivity contribution in [3.05, 3.63) is 48.0 Å². The van der Waals surface area contributed by atoms with Crippen LogP contribution in [0.3, 0.4) is 0 Å². The van der Waals surface area contributed by atoms with E-state index in [1.165, 1.54) is 12.1 Å². The highest BCUT2D eigenvalue weighted by atomic mass is 19.1. The van der Waals surface area contributed by atoms with Crippen LogP contribution in [0.1, 0.15) is 11.7 Å². The first-order valence-electron chi connectivity index (χ1n) is 7.47. The predicted octanol–water partition coefficient (Wildman–Crippen LogP) is 2.67. The number of aromatic amines is 1. The standard InChI is InChI=1S/C17H19FN4O2/c1-22(2)9-13(23)11-8-21-17-16(11)15(5-6-20-17)24-14-4-3-10(19)7-12(14)18/h3-8,13,23H,9,19H2,1-2H3,(H,20,21). The van der Waals surface area contributed by atoms with Crippen LogP contribution in [0, 0.1) is 5.82 Å². The molecule has 1 atom stereocenters. The number of nitrogens with one attached hydrogen (secondary N) is 1. The number of aromatic nitrogens is 2. The first-order valence-corrected chi connectivity index (χ1v) is 7.47. The molecular formula is C17H19FN4O2. The third-order valence-corrected chi connectivity index (χ3v) is 3.64. The quantitative estimate of drug-likeness (QED) is 0.626. The molecule has 0 aliphatic heterocycles. The molecule has 0 aliphatic carbocycles. The smallest absolute Gasteiger partial charge is 0.167 e. The number of aliphatic hydroxyl groups excluding tert-OH is 1. The number of aliphatic hydroxyl groups is 1. The molecule has 0 spiro atoms. The van der Waals surface area contributed by atoms with Gasteiger partial charge >= 0.3 is 0 Å². The Morgan fingerprint density at radius 3 is 2.83 bits per heavy atom. The summed E-state index contributed by atoms with van der Waals surface area (Å²) >= 11 is 0. The van der Waals surface area contributed by atoms with Gasteiger partial charge in [-0.05, 0) is 32.3 Å². The van der Waals surface area contributed by atoms with Gasteiger partial charge in [-0.15, -0.1) is 0 Å². The molecule has 0 saturated heterocycles. The van der Waals surface area contributed by atoms with Crippen molar-refractivity contribution in [1.82, 2.24) is 14.9 Å². The molecule has 6 nitrogen and oxygen atoms in total. The first-order chi connectivity index (χ1) is 11.5. The fraction of sp³-hybridized carbons (Fsp3) is 0.235. The number of nitrogen functional groups attached to an aromatic ring is 1. The molecule has 0 aliphatic rings. The Balaban J connectivity index is 2.03. The van der Waals surface area contributed by atoms with Crippen molar-refractivity contribution in [2.45, 2.75) is 6.10 Å². The number of hydrogen-bond acceptors (Lipinski definition) is 5. The maximum atomic E-state index is 14.0. The molecule has 2 aromatic heterocycles.